The molecular weight excluding hydrogens is 228 g/mol. The highest BCUT2D eigenvalue weighted by molar-refractivity contribution is 5.28. The van der Waals surface area contributed by atoms with Crippen LogP contribution in [0.5, 0.6) is 0 Å². The molecule has 1 N–H and O–H groups in total. The van der Waals surface area contributed by atoms with Crippen LogP contribution in [0.1, 0.15) is 25.1 Å². The van der Waals surface area contributed by atoms with Gasteiger partial charge in [0, 0.05) is 24.9 Å². The van der Waals surface area contributed by atoms with Crippen molar-refractivity contribution in [3.05, 3.63) is 30.4 Å². The van der Waals surface area contributed by atoms with Crippen LogP contribution in [0.4, 0.5) is 0 Å². The van der Waals surface area contributed by atoms with Crippen LogP contribution < -0.4 is 5.32 Å². The van der Waals surface area contributed by atoms with Crippen molar-refractivity contribution in [3.8, 4) is 5.69 Å². The Labute approximate surface area is 105 Å². The second-order valence-corrected chi connectivity index (χ2v) is 4.56. The van der Waals surface area contributed by atoms with Crippen molar-refractivity contribution < 1.29 is 0 Å². The van der Waals surface area contributed by atoms with Gasteiger partial charge < -0.3 is 5.32 Å². The fourth-order valence-electron chi connectivity index (χ4n) is 2.34. The maximum atomic E-state index is 4.13. The highest BCUT2D eigenvalue weighted by atomic mass is 15.5. The smallest absolute Gasteiger partial charge is 0.158 e. The molecule has 0 spiro atoms. The number of rotatable bonds is 3. The van der Waals surface area contributed by atoms with E-state index in [-0.39, 0.29) is 0 Å². The predicted octanol–water partition coefficient (Wildman–Crippen LogP) is 0.742. The summed E-state index contributed by atoms with van der Waals surface area (Å²) >= 11 is 0. The van der Waals surface area contributed by atoms with Gasteiger partial charge in [-0.3, -0.25) is 4.98 Å². The molecule has 3 heterocycles. The topological polar surface area (TPSA) is 68.5 Å². The minimum Gasteiger partial charge on any atom is -0.314 e. The van der Waals surface area contributed by atoms with E-state index in [0.717, 1.165) is 24.5 Å². The molecule has 0 amide bonds. The Morgan fingerprint density at radius 3 is 2.94 bits per heavy atom. The fraction of sp³-hybridized carbons (Fsp3) is 0.500. The van der Waals surface area contributed by atoms with E-state index in [0.29, 0.717) is 6.04 Å². The first-order chi connectivity index (χ1) is 8.93. The summed E-state index contributed by atoms with van der Waals surface area (Å²) in [6, 6.07) is 4.31. The van der Waals surface area contributed by atoms with Crippen LogP contribution in [-0.4, -0.2) is 37.8 Å². The Bertz CT molecular complexity index is 488. The second-order valence-electron chi connectivity index (χ2n) is 4.56. The standard InChI is InChI=1S/C12H16N6/c1-2-6-14-10(3-1)9-12-15-16-17-18(12)11-4-7-13-8-5-11/h4-5,7-8,10,14H,1-3,6,9H2. The van der Waals surface area contributed by atoms with E-state index < -0.39 is 0 Å². The molecule has 0 radical (unpaired) electrons. The van der Waals surface area contributed by atoms with Crippen LogP contribution in [0.3, 0.4) is 0 Å². The van der Waals surface area contributed by atoms with Crippen LogP contribution in [-0.2, 0) is 6.42 Å². The van der Waals surface area contributed by atoms with Gasteiger partial charge >= 0.3 is 0 Å². The van der Waals surface area contributed by atoms with Gasteiger partial charge in [0.15, 0.2) is 5.82 Å². The monoisotopic (exact) mass is 244 g/mol. The van der Waals surface area contributed by atoms with Crippen LogP contribution >= 0.6 is 0 Å². The minimum atomic E-state index is 0.491. The molecule has 0 saturated carbocycles. The van der Waals surface area contributed by atoms with Crippen LogP contribution in [0.2, 0.25) is 0 Å². The van der Waals surface area contributed by atoms with Crippen molar-refractivity contribution in [3.63, 3.8) is 0 Å². The van der Waals surface area contributed by atoms with Gasteiger partial charge in [0.1, 0.15) is 0 Å². The molecule has 1 unspecified atom stereocenters. The maximum absolute atomic E-state index is 4.13. The first-order valence-corrected chi connectivity index (χ1v) is 6.34. The number of hydrogen-bond acceptors (Lipinski definition) is 5. The summed E-state index contributed by atoms with van der Waals surface area (Å²) in [6.07, 6.45) is 8.12. The summed E-state index contributed by atoms with van der Waals surface area (Å²) in [5.74, 6) is 0.903. The molecule has 0 aliphatic carbocycles. The number of aromatic nitrogens is 5. The van der Waals surface area contributed by atoms with Crippen molar-refractivity contribution in [2.45, 2.75) is 31.7 Å². The Balaban J connectivity index is 1.79. The lowest BCUT2D eigenvalue weighted by atomic mass is 10.0. The molecule has 0 aromatic carbocycles. The quantitative estimate of drug-likeness (QED) is 0.862. The van der Waals surface area contributed by atoms with Gasteiger partial charge in [0.2, 0.25) is 0 Å². The van der Waals surface area contributed by atoms with Gasteiger partial charge in [-0.25, -0.2) is 0 Å². The Hall–Kier alpha value is -1.82. The molecule has 3 rings (SSSR count). The molecule has 6 nitrogen and oxygen atoms in total. The molecule has 6 heteroatoms. The first kappa shape index (κ1) is 11.3. The van der Waals surface area contributed by atoms with Crippen molar-refractivity contribution in [2.24, 2.45) is 0 Å². The normalized spacial score (nSPS) is 19.9. The van der Waals surface area contributed by atoms with Crippen molar-refractivity contribution in [1.82, 2.24) is 30.5 Å². The molecule has 1 saturated heterocycles. The molecule has 18 heavy (non-hydrogen) atoms. The van der Waals surface area contributed by atoms with Gasteiger partial charge in [0.05, 0.1) is 5.69 Å². The third-order valence-corrected chi connectivity index (χ3v) is 3.28. The van der Waals surface area contributed by atoms with Gasteiger partial charge in [-0.05, 0) is 41.9 Å². The van der Waals surface area contributed by atoms with Crippen LogP contribution in [0.25, 0.3) is 5.69 Å². The summed E-state index contributed by atoms with van der Waals surface area (Å²) in [5, 5.41) is 15.5. The molecule has 94 valence electrons. The van der Waals surface area contributed by atoms with Crippen LogP contribution in [0.15, 0.2) is 24.5 Å². The van der Waals surface area contributed by atoms with Crippen LogP contribution in [0, 0.1) is 0 Å². The van der Waals surface area contributed by atoms with E-state index in [4.69, 9.17) is 0 Å². The average Bonchev–Trinajstić information content (AvgIpc) is 2.89. The minimum absolute atomic E-state index is 0.491. The lowest BCUT2D eigenvalue weighted by Crippen LogP contribution is -2.36. The third kappa shape index (κ3) is 2.38. The largest absolute Gasteiger partial charge is 0.314 e. The fourth-order valence-corrected chi connectivity index (χ4v) is 2.34. The molecule has 1 aliphatic heterocycles. The summed E-state index contributed by atoms with van der Waals surface area (Å²) in [6.45, 7) is 1.10. The van der Waals surface area contributed by atoms with Gasteiger partial charge in [-0.2, -0.15) is 4.68 Å². The van der Waals surface area contributed by atoms with E-state index in [9.17, 15) is 0 Å². The average molecular weight is 244 g/mol. The van der Waals surface area contributed by atoms with Gasteiger partial charge in [0.25, 0.3) is 0 Å². The highest BCUT2D eigenvalue weighted by Crippen LogP contribution is 2.13. The lowest BCUT2D eigenvalue weighted by molar-refractivity contribution is 0.392. The van der Waals surface area contributed by atoms with E-state index in [1.807, 2.05) is 12.1 Å². The number of nitrogens with zero attached hydrogens (tertiary/aromatic N) is 5. The van der Waals surface area contributed by atoms with Crippen molar-refractivity contribution >= 4 is 0 Å². The summed E-state index contributed by atoms with van der Waals surface area (Å²) in [4.78, 5) is 4.01. The van der Waals surface area contributed by atoms with Crippen molar-refractivity contribution in [1.29, 1.82) is 0 Å². The zero-order valence-corrected chi connectivity index (χ0v) is 10.2. The van der Waals surface area contributed by atoms with E-state index in [2.05, 4.69) is 25.8 Å². The summed E-state index contributed by atoms with van der Waals surface area (Å²) in [7, 11) is 0. The number of pyridine rings is 1. The Morgan fingerprint density at radius 2 is 2.17 bits per heavy atom. The third-order valence-electron chi connectivity index (χ3n) is 3.28. The van der Waals surface area contributed by atoms with Gasteiger partial charge in [-0.15, -0.1) is 5.10 Å². The van der Waals surface area contributed by atoms with E-state index >= 15 is 0 Å². The molecular formula is C12H16N6. The molecule has 2 aromatic rings. The number of piperidine rings is 1. The number of hydrogen-bond donors (Lipinski definition) is 1. The molecule has 1 aliphatic rings. The van der Waals surface area contributed by atoms with E-state index in [1.165, 1.54) is 19.3 Å². The molecule has 2 aromatic heterocycles. The molecule has 1 fully saturated rings. The van der Waals surface area contributed by atoms with Crippen molar-refractivity contribution in [2.75, 3.05) is 6.54 Å². The predicted molar refractivity (Wildman–Crippen MR) is 66.3 cm³/mol. The first-order valence-electron chi connectivity index (χ1n) is 6.34. The molecule has 1 atom stereocenters. The number of nitrogens with one attached hydrogen (secondary N) is 1. The Morgan fingerprint density at radius 1 is 1.28 bits per heavy atom. The lowest BCUT2D eigenvalue weighted by Gasteiger charge is -2.22. The highest BCUT2D eigenvalue weighted by Gasteiger charge is 2.17. The number of tetrazole rings is 1. The maximum Gasteiger partial charge on any atom is 0.158 e. The van der Waals surface area contributed by atoms with E-state index in [1.54, 1.807) is 17.1 Å². The zero-order valence-electron chi connectivity index (χ0n) is 10.2. The Kier molecular flexibility index (Phi) is 3.27. The molecule has 0 bridgehead atoms. The SMILES string of the molecule is c1cc(-n2nnnc2CC2CCCCN2)ccn1. The summed E-state index contributed by atoms with van der Waals surface area (Å²) < 4.78 is 1.79. The second kappa shape index (κ2) is 5.22. The zero-order chi connectivity index (χ0) is 12.2. The summed E-state index contributed by atoms with van der Waals surface area (Å²) in [5.41, 5.74) is 0.959. The van der Waals surface area contributed by atoms with Gasteiger partial charge in [-0.1, -0.05) is 6.42 Å².